The first-order valence-corrected chi connectivity index (χ1v) is 13.0. The van der Waals surface area contributed by atoms with Gasteiger partial charge in [-0.25, -0.2) is 0 Å². The number of anilines is 1. The van der Waals surface area contributed by atoms with E-state index in [0.29, 0.717) is 22.1 Å². The Labute approximate surface area is 221 Å². The van der Waals surface area contributed by atoms with E-state index in [0.717, 1.165) is 24.3 Å². The first kappa shape index (κ1) is 25.8. The molecule has 3 heterocycles. The Kier molecular flexibility index (Phi) is 7.11. The number of furan rings is 1. The average molecular weight is 541 g/mol. The number of alkyl halides is 3. The molecule has 0 aliphatic carbocycles. The van der Waals surface area contributed by atoms with Crippen molar-refractivity contribution >= 4 is 23.4 Å². The molecule has 0 N–H and O–H groups in total. The van der Waals surface area contributed by atoms with E-state index in [2.05, 4.69) is 15.2 Å². The van der Waals surface area contributed by atoms with Crippen molar-refractivity contribution in [2.45, 2.75) is 44.2 Å². The molecule has 0 radical (unpaired) electrons. The summed E-state index contributed by atoms with van der Waals surface area (Å²) in [7, 11) is 0. The highest BCUT2D eigenvalue weighted by Gasteiger charge is 2.37. The smallest absolute Gasteiger partial charge is 0.416 e. The number of nitrogens with zero attached hydrogens (tertiary/aromatic N) is 4. The molecule has 2 aromatic carbocycles. The van der Waals surface area contributed by atoms with Crippen LogP contribution in [0.3, 0.4) is 0 Å². The maximum absolute atomic E-state index is 13.3. The molecule has 0 unspecified atom stereocenters. The molecule has 0 spiro atoms. The van der Waals surface area contributed by atoms with Gasteiger partial charge in [0.15, 0.2) is 11.5 Å². The lowest BCUT2D eigenvalue weighted by Crippen LogP contribution is -2.37. The molecular formula is C27H23F3N4O3S. The van der Waals surface area contributed by atoms with Gasteiger partial charge in [0.05, 0.1) is 11.3 Å². The Hall–Kier alpha value is -3.86. The number of hydrogen-bond acceptors (Lipinski definition) is 7. The highest BCUT2D eigenvalue weighted by Crippen LogP contribution is 2.44. The molecule has 1 aliphatic rings. The van der Waals surface area contributed by atoms with E-state index in [-0.39, 0.29) is 35.3 Å². The van der Waals surface area contributed by atoms with E-state index in [4.69, 9.17) is 9.15 Å². The molecule has 5 rings (SSSR count). The fraction of sp³-hybridized carbons (Fsp3) is 0.259. The van der Waals surface area contributed by atoms with Crippen LogP contribution < -0.4 is 9.64 Å². The van der Waals surface area contributed by atoms with Crippen LogP contribution in [0.25, 0.3) is 22.6 Å². The summed E-state index contributed by atoms with van der Waals surface area (Å²) in [5.74, 6) is 1.15. The van der Waals surface area contributed by atoms with Crippen molar-refractivity contribution in [1.29, 1.82) is 0 Å². The quantitative estimate of drug-likeness (QED) is 0.240. The number of halogens is 3. The first-order valence-electron chi connectivity index (χ1n) is 12.0. The van der Waals surface area contributed by atoms with Crippen LogP contribution >= 0.6 is 11.8 Å². The topological polar surface area (TPSA) is 81.3 Å². The van der Waals surface area contributed by atoms with Gasteiger partial charge in [-0.3, -0.25) is 9.69 Å². The van der Waals surface area contributed by atoms with E-state index in [1.807, 2.05) is 13.0 Å². The summed E-state index contributed by atoms with van der Waals surface area (Å²) in [6.07, 6.45) is -4.48. The molecule has 7 nitrogen and oxygen atoms in total. The molecule has 1 aliphatic heterocycles. The summed E-state index contributed by atoms with van der Waals surface area (Å²) in [5.41, 5.74) is 0.983. The van der Waals surface area contributed by atoms with Gasteiger partial charge in [0.2, 0.25) is 23.2 Å². The minimum absolute atomic E-state index is 0.169. The van der Waals surface area contributed by atoms with E-state index in [9.17, 15) is 18.0 Å². The normalized spacial score (nSPS) is 14.9. The highest BCUT2D eigenvalue weighted by molar-refractivity contribution is 7.99. The van der Waals surface area contributed by atoms with Crippen LogP contribution in [0, 0.1) is 0 Å². The minimum Gasteiger partial charge on any atom is -0.455 e. The Balaban J connectivity index is 1.62. The van der Waals surface area contributed by atoms with Crippen LogP contribution in [-0.2, 0) is 11.0 Å². The fourth-order valence-corrected chi connectivity index (χ4v) is 4.72. The van der Waals surface area contributed by atoms with Crippen molar-refractivity contribution < 1.29 is 27.1 Å². The van der Waals surface area contributed by atoms with Crippen LogP contribution in [0.1, 0.15) is 44.2 Å². The van der Waals surface area contributed by atoms with Gasteiger partial charge in [0.25, 0.3) is 0 Å². The maximum Gasteiger partial charge on any atom is 0.416 e. The number of amides is 1. The van der Waals surface area contributed by atoms with Crippen LogP contribution in [-0.4, -0.2) is 26.8 Å². The molecule has 0 saturated carbocycles. The summed E-state index contributed by atoms with van der Waals surface area (Å²) >= 11 is 1.43. The number of hydrogen-bond donors (Lipinski definition) is 0. The second-order valence-corrected chi connectivity index (χ2v) is 9.54. The van der Waals surface area contributed by atoms with Crippen LogP contribution in [0.4, 0.5) is 18.9 Å². The Morgan fingerprint density at radius 3 is 2.63 bits per heavy atom. The monoisotopic (exact) mass is 540 g/mol. The number of rotatable bonds is 6. The van der Waals surface area contributed by atoms with E-state index < -0.39 is 18.0 Å². The molecule has 0 bridgehead atoms. The lowest BCUT2D eigenvalue weighted by atomic mass is 10.1. The Bertz CT molecular complexity index is 1470. The average Bonchev–Trinajstić information content (AvgIpc) is 3.36. The first-order chi connectivity index (χ1) is 18.3. The molecular weight excluding hydrogens is 517 g/mol. The van der Waals surface area contributed by atoms with Gasteiger partial charge in [-0.15, -0.1) is 10.2 Å². The second-order valence-electron chi connectivity index (χ2n) is 8.48. The van der Waals surface area contributed by atoms with Gasteiger partial charge < -0.3 is 9.15 Å². The zero-order chi connectivity index (χ0) is 26.9. The van der Waals surface area contributed by atoms with Crippen molar-refractivity contribution in [3.8, 4) is 28.5 Å². The third-order valence-electron chi connectivity index (χ3n) is 5.86. The Morgan fingerprint density at radius 1 is 1.05 bits per heavy atom. The van der Waals surface area contributed by atoms with Gasteiger partial charge in [-0.1, -0.05) is 55.9 Å². The molecule has 2 aromatic heterocycles. The van der Waals surface area contributed by atoms with Crippen molar-refractivity contribution in [2.24, 2.45) is 0 Å². The third-order valence-corrected chi connectivity index (χ3v) is 6.91. The zero-order valence-corrected chi connectivity index (χ0v) is 21.3. The van der Waals surface area contributed by atoms with Crippen LogP contribution in [0.2, 0.25) is 0 Å². The largest absolute Gasteiger partial charge is 0.455 e. The predicted octanol–water partition coefficient (Wildman–Crippen LogP) is 7.15. The van der Waals surface area contributed by atoms with E-state index in [1.54, 1.807) is 37.3 Å². The lowest BCUT2D eigenvalue weighted by molar-refractivity contribution is -0.137. The predicted molar refractivity (Wildman–Crippen MR) is 137 cm³/mol. The van der Waals surface area contributed by atoms with Gasteiger partial charge in [0.1, 0.15) is 5.76 Å². The van der Waals surface area contributed by atoms with Crippen LogP contribution in [0.5, 0.6) is 5.88 Å². The number of ether oxygens (including phenoxy) is 1. The number of benzene rings is 2. The van der Waals surface area contributed by atoms with Gasteiger partial charge >= 0.3 is 6.18 Å². The van der Waals surface area contributed by atoms with E-state index >= 15 is 0 Å². The van der Waals surface area contributed by atoms with Gasteiger partial charge in [-0.2, -0.15) is 18.2 Å². The number of fused-ring (bicyclic) bond motifs is 3. The van der Waals surface area contributed by atoms with Crippen molar-refractivity contribution in [3.05, 3.63) is 72.0 Å². The van der Waals surface area contributed by atoms with Crippen LogP contribution in [0.15, 0.2) is 70.2 Å². The molecule has 11 heteroatoms. The van der Waals surface area contributed by atoms with Crippen molar-refractivity contribution in [3.63, 3.8) is 0 Å². The summed E-state index contributed by atoms with van der Waals surface area (Å²) in [5, 5.41) is 9.04. The third kappa shape index (κ3) is 4.98. The van der Waals surface area contributed by atoms with Gasteiger partial charge in [-0.05, 0) is 36.8 Å². The zero-order valence-electron chi connectivity index (χ0n) is 20.5. The number of para-hydroxylation sites is 1. The molecule has 1 atom stereocenters. The molecule has 4 aromatic rings. The standard InChI is InChI=1S/C27H23F3N4O3S/c1-3-14-38-26-31-24-23(32-33-26)18-10-5-6-11-19(18)34(22(35)4-2)25(37-24)21-13-12-20(36-21)16-8-7-9-17(15-16)27(28,29)30/h5-13,15,25H,3-4,14H2,1-2H3/t25-/m1/s1. The summed E-state index contributed by atoms with van der Waals surface area (Å²) in [4.78, 5) is 19.3. The summed E-state index contributed by atoms with van der Waals surface area (Å²) < 4.78 is 52.2. The van der Waals surface area contributed by atoms with E-state index in [1.165, 1.54) is 28.8 Å². The molecule has 38 heavy (non-hydrogen) atoms. The Morgan fingerprint density at radius 2 is 1.87 bits per heavy atom. The minimum atomic E-state index is -4.49. The molecule has 196 valence electrons. The van der Waals surface area contributed by atoms with Crippen molar-refractivity contribution in [2.75, 3.05) is 10.7 Å². The van der Waals surface area contributed by atoms with Gasteiger partial charge in [0, 0.05) is 23.3 Å². The number of carbonyl (C=O) groups excluding carboxylic acids is 1. The second kappa shape index (κ2) is 10.5. The molecule has 0 fully saturated rings. The maximum atomic E-state index is 13.3. The number of carbonyl (C=O) groups is 1. The summed E-state index contributed by atoms with van der Waals surface area (Å²) in [6, 6.07) is 15.2. The number of aromatic nitrogens is 3. The molecule has 1 amide bonds. The lowest BCUT2D eigenvalue weighted by Gasteiger charge is -2.29. The highest BCUT2D eigenvalue weighted by atomic mass is 32.2. The molecule has 0 saturated heterocycles. The SMILES string of the molecule is CCCSc1nnc2c(n1)O[C@H](c1ccc(-c3cccc(C(F)(F)F)c3)o1)N(C(=O)CC)c1ccccc1-2. The van der Waals surface area contributed by atoms with Crippen molar-refractivity contribution in [1.82, 2.24) is 15.2 Å². The summed E-state index contributed by atoms with van der Waals surface area (Å²) in [6.45, 7) is 3.77. The fourth-order valence-electron chi connectivity index (χ4n) is 4.08. The number of thioether (sulfide) groups is 1.